The van der Waals surface area contributed by atoms with Crippen LogP contribution in [-0.2, 0) is 50.5 Å². The fourth-order valence-electron chi connectivity index (χ4n) is 7.21. The minimum Gasteiger partial charge on any atom is -0.488 e. The third-order valence-electron chi connectivity index (χ3n) is 10.4. The van der Waals surface area contributed by atoms with Crippen LogP contribution in [0, 0.1) is 11.8 Å². The van der Waals surface area contributed by atoms with Gasteiger partial charge in [0.15, 0.2) is 0 Å². The number of ether oxygens (including phenoxy) is 1. The number of nitrogens with zero attached hydrogens (tertiary/aromatic N) is 3. The average molecular weight is 806 g/mol. The van der Waals surface area contributed by atoms with E-state index in [0.717, 1.165) is 58.3 Å². The first-order valence-electron chi connectivity index (χ1n) is 18.7. The quantitative estimate of drug-likeness (QED) is 0.0815. The van der Waals surface area contributed by atoms with E-state index in [1.54, 1.807) is 15.9 Å². The Hall–Kier alpha value is -4.97. The smallest absolute Gasteiger partial charge is 0.256 e. The molecule has 2 aromatic carbocycles. The van der Waals surface area contributed by atoms with Crippen LogP contribution in [0.15, 0.2) is 58.9 Å². The fraction of sp³-hybridized carbons (Fsp3) is 0.436. The molecule has 0 spiro atoms. The third kappa shape index (κ3) is 10.1. The first kappa shape index (κ1) is 40.7. The Labute approximate surface area is 330 Å². The summed E-state index contributed by atoms with van der Waals surface area (Å²) in [4.78, 5) is 65.6. The summed E-state index contributed by atoms with van der Waals surface area (Å²) in [6.07, 6.45) is 4.19. The number of rotatable bonds is 18. The van der Waals surface area contributed by atoms with Crippen molar-refractivity contribution in [2.75, 3.05) is 31.5 Å². The van der Waals surface area contributed by atoms with Gasteiger partial charge in [-0.15, -0.1) is 16.2 Å². The lowest BCUT2D eigenvalue weighted by Crippen LogP contribution is -2.52. The summed E-state index contributed by atoms with van der Waals surface area (Å²) in [6, 6.07) is 10.6. The summed E-state index contributed by atoms with van der Waals surface area (Å²) in [7, 11) is -3.52. The summed E-state index contributed by atoms with van der Waals surface area (Å²) in [5.74, 6) is -0.340. The van der Waals surface area contributed by atoms with Gasteiger partial charge in [-0.05, 0) is 98.1 Å². The normalized spacial score (nSPS) is 17.4. The van der Waals surface area contributed by atoms with E-state index in [9.17, 15) is 32.5 Å². The predicted octanol–water partition coefficient (Wildman–Crippen LogP) is 4.37. The van der Waals surface area contributed by atoms with Crippen LogP contribution in [0.3, 0.4) is 0 Å². The van der Waals surface area contributed by atoms with Crippen molar-refractivity contribution in [2.24, 2.45) is 5.18 Å². The first-order chi connectivity index (χ1) is 26.9. The van der Waals surface area contributed by atoms with E-state index in [2.05, 4.69) is 32.4 Å². The molecular weight excluding hydrogens is 759 g/mol. The number of thiophene rings is 1. The zero-order valence-corrected chi connectivity index (χ0v) is 32.9. The predicted molar refractivity (Wildman–Crippen MR) is 213 cm³/mol. The Morgan fingerprint density at radius 1 is 1.11 bits per heavy atom. The summed E-state index contributed by atoms with van der Waals surface area (Å²) >= 11 is 1.47. The highest BCUT2D eigenvalue weighted by Gasteiger charge is 2.40. The van der Waals surface area contributed by atoms with Crippen LogP contribution in [0.1, 0.15) is 76.0 Å². The standard InChI is InChI=1S/C39H47N7O8S2/c1-3-56(52,53)44-28-13-16-45(17-14-28)37(48)21-41-32-18-25(2)27(19-33(32)43-51)6-4-5-15-40-20-26-7-9-29(10-8-26)54-23-35-30-22-46(39(50)31(30)24-55-35)34-11-12-36(47)42-38(34)49/h3,7-10,18-19,24,28,34,40-41,44H,1,4-6,11-17,20-23H2,2H3,(H,42,47,49). The van der Waals surface area contributed by atoms with Gasteiger partial charge in [0.1, 0.15) is 24.1 Å². The molecule has 3 aliphatic rings. The fourth-order valence-corrected chi connectivity index (χ4v) is 8.95. The van der Waals surface area contributed by atoms with E-state index in [1.807, 2.05) is 42.6 Å². The van der Waals surface area contributed by atoms with Crippen molar-refractivity contribution in [1.82, 2.24) is 25.2 Å². The van der Waals surface area contributed by atoms with Gasteiger partial charge in [-0.1, -0.05) is 18.7 Å². The van der Waals surface area contributed by atoms with Crippen molar-refractivity contribution >= 4 is 56.4 Å². The van der Waals surface area contributed by atoms with Gasteiger partial charge >= 0.3 is 0 Å². The molecule has 298 valence electrons. The molecule has 3 aliphatic heterocycles. The van der Waals surface area contributed by atoms with Gasteiger partial charge in [-0.25, -0.2) is 13.1 Å². The van der Waals surface area contributed by atoms with Crippen LogP contribution < -0.4 is 25.4 Å². The second kappa shape index (κ2) is 18.3. The molecule has 0 bridgehead atoms. The number of carbonyl (C=O) groups is 4. The van der Waals surface area contributed by atoms with Gasteiger partial charge in [-0.3, -0.25) is 24.5 Å². The number of piperidine rings is 2. The van der Waals surface area contributed by atoms with Crippen LogP contribution in [0.25, 0.3) is 0 Å². The molecule has 1 atom stereocenters. The molecule has 1 aromatic heterocycles. The lowest BCUT2D eigenvalue weighted by molar-refractivity contribution is -0.137. The maximum absolute atomic E-state index is 13.0. The number of anilines is 1. The number of imide groups is 1. The number of unbranched alkanes of at least 4 members (excludes halogenated alkanes) is 1. The average Bonchev–Trinajstić information content (AvgIpc) is 3.74. The molecule has 4 amide bonds. The van der Waals surface area contributed by atoms with Gasteiger partial charge in [0.2, 0.25) is 27.7 Å². The number of benzene rings is 2. The Morgan fingerprint density at radius 3 is 2.59 bits per heavy atom. The SMILES string of the molecule is C=CS(=O)(=O)NC1CCN(C(=O)CNc2cc(C)c(CCCCNCc3ccc(OCc4scc5c4CN(C4CCC(=O)NC4=O)C5=O)cc3)cc2N=O)CC1. The molecule has 2 fully saturated rings. The number of fused-ring (bicyclic) bond motifs is 1. The molecule has 4 heterocycles. The van der Waals surface area contributed by atoms with Crippen LogP contribution in [-0.4, -0.2) is 80.1 Å². The highest BCUT2D eigenvalue weighted by atomic mass is 32.2. The molecule has 2 saturated heterocycles. The van der Waals surface area contributed by atoms with Gasteiger partial charge in [0.05, 0.1) is 17.8 Å². The van der Waals surface area contributed by atoms with E-state index in [4.69, 9.17) is 4.74 Å². The largest absolute Gasteiger partial charge is 0.488 e. The zero-order valence-electron chi connectivity index (χ0n) is 31.3. The second-order valence-electron chi connectivity index (χ2n) is 14.2. The van der Waals surface area contributed by atoms with E-state index < -0.39 is 22.0 Å². The lowest BCUT2D eigenvalue weighted by Gasteiger charge is -2.32. The summed E-state index contributed by atoms with van der Waals surface area (Å²) in [6.45, 7) is 8.29. The van der Waals surface area contributed by atoms with Crippen molar-refractivity contribution in [3.05, 3.63) is 91.4 Å². The number of hydrogen-bond acceptors (Lipinski definition) is 12. The molecule has 0 saturated carbocycles. The van der Waals surface area contributed by atoms with E-state index in [0.29, 0.717) is 69.0 Å². The van der Waals surface area contributed by atoms with Crippen molar-refractivity contribution in [3.63, 3.8) is 0 Å². The van der Waals surface area contributed by atoms with Gasteiger partial charge < -0.3 is 25.2 Å². The molecule has 4 N–H and O–H groups in total. The molecule has 56 heavy (non-hydrogen) atoms. The minimum absolute atomic E-state index is 0.000347. The van der Waals surface area contributed by atoms with E-state index in [1.165, 1.54) is 11.3 Å². The van der Waals surface area contributed by atoms with Gasteiger partial charge in [-0.2, -0.15) is 0 Å². The Balaban J connectivity index is 0.881. The molecular formula is C39H47N7O8S2. The minimum atomic E-state index is -3.52. The lowest BCUT2D eigenvalue weighted by atomic mass is 10.0. The molecule has 3 aromatic rings. The number of nitroso groups, excluding NO2 is 1. The first-order valence-corrected chi connectivity index (χ1v) is 21.2. The zero-order chi connectivity index (χ0) is 39.8. The van der Waals surface area contributed by atoms with Crippen LogP contribution in [0.5, 0.6) is 5.75 Å². The summed E-state index contributed by atoms with van der Waals surface area (Å²) in [5, 5.41) is 14.8. The molecule has 15 nitrogen and oxygen atoms in total. The number of hydrogen-bond donors (Lipinski definition) is 4. The molecule has 0 radical (unpaired) electrons. The molecule has 1 unspecified atom stereocenters. The van der Waals surface area contributed by atoms with Gasteiger partial charge in [0, 0.05) is 59.9 Å². The topological polar surface area (TPSA) is 196 Å². The second-order valence-corrected chi connectivity index (χ2v) is 16.9. The number of likely N-dealkylation sites (tertiary alicyclic amines) is 1. The number of amides is 4. The molecule has 6 rings (SSSR count). The van der Waals surface area contributed by atoms with Crippen molar-refractivity contribution in [3.8, 4) is 5.75 Å². The highest BCUT2D eigenvalue weighted by Crippen LogP contribution is 2.35. The Bertz CT molecular complexity index is 2080. The van der Waals surface area contributed by atoms with Crippen LogP contribution >= 0.6 is 11.3 Å². The van der Waals surface area contributed by atoms with Crippen molar-refractivity contribution < 1.29 is 32.3 Å². The summed E-state index contributed by atoms with van der Waals surface area (Å²) < 4.78 is 32.1. The van der Waals surface area contributed by atoms with Crippen molar-refractivity contribution in [1.29, 1.82) is 0 Å². The number of aryl methyl sites for hydroxylation is 2. The molecule has 17 heteroatoms. The van der Waals surface area contributed by atoms with Crippen LogP contribution in [0.4, 0.5) is 11.4 Å². The Kier molecular flexibility index (Phi) is 13.3. The third-order valence-corrected chi connectivity index (χ3v) is 12.5. The van der Waals surface area contributed by atoms with Gasteiger partial charge in [0.25, 0.3) is 5.91 Å². The summed E-state index contributed by atoms with van der Waals surface area (Å²) in [5.41, 5.74) is 5.38. The number of nitrogens with one attached hydrogen (secondary N) is 4. The van der Waals surface area contributed by atoms with E-state index >= 15 is 0 Å². The van der Waals surface area contributed by atoms with E-state index in [-0.39, 0.29) is 42.4 Å². The Morgan fingerprint density at radius 2 is 1.88 bits per heavy atom. The highest BCUT2D eigenvalue weighted by molar-refractivity contribution is 7.92. The maximum atomic E-state index is 13.0. The maximum Gasteiger partial charge on any atom is 0.256 e. The monoisotopic (exact) mass is 805 g/mol. The molecule has 0 aliphatic carbocycles. The number of sulfonamides is 1. The van der Waals surface area contributed by atoms with Crippen LogP contribution in [0.2, 0.25) is 0 Å². The van der Waals surface area contributed by atoms with Crippen molar-refractivity contribution in [2.45, 2.75) is 83.6 Å². The number of carbonyl (C=O) groups excluding carboxylic acids is 4.